The van der Waals surface area contributed by atoms with Crippen molar-refractivity contribution in [2.24, 2.45) is 0 Å². The zero-order chi connectivity index (χ0) is 8.84. The van der Waals surface area contributed by atoms with E-state index in [1.54, 1.807) is 0 Å². The summed E-state index contributed by atoms with van der Waals surface area (Å²) in [4.78, 5) is 1.43. The van der Waals surface area contributed by atoms with Gasteiger partial charge in [0.15, 0.2) is 0 Å². The Kier molecular flexibility index (Phi) is 1.67. The number of hydrogen-bond donors (Lipinski definition) is 0. The predicted octanol–water partition coefficient (Wildman–Crippen LogP) is 1.98. The first kappa shape index (κ1) is 7.89. The second-order valence-electron chi connectivity index (χ2n) is 3.15. The van der Waals surface area contributed by atoms with Gasteiger partial charge in [-0.25, -0.2) is 0 Å². The minimum Gasteiger partial charge on any atom is -0.106 e. The number of hydrogen-bond acceptors (Lipinski definition) is 1. The summed E-state index contributed by atoms with van der Waals surface area (Å²) in [6.07, 6.45) is 4.53. The van der Waals surface area contributed by atoms with Gasteiger partial charge in [0.25, 0.3) is 0 Å². The van der Waals surface area contributed by atoms with Crippen LogP contribution in [0.1, 0.15) is 0 Å². The maximum atomic E-state index is 3.59. The summed E-state index contributed by atoms with van der Waals surface area (Å²) >= 11 is 5.48. The standard InChI is InChI=1S/C11H7BrS/c12-10-6-8-5-7-3-1-2-4-9(7)11(8)13-10/h1-6,10H. The molecule has 1 unspecified atom stereocenters. The molecule has 3 rings (SSSR count). The molecule has 0 fully saturated rings. The van der Waals surface area contributed by atoms with Gasteiger partial charge in [-0.1, -0.05) is 46.3 Å². The van der Waals surface area contributed by atoms with E-state index >= 15 is 0 Å². The molecule has 13 heavy (non-hydrogen) atoms. The van der Waals surface area contributed by atoms with E-state index in [4.69, 9.17) is 0 Å². The van der Waals surface area contributed by atoms with Crippen LogP contribution in [0.15, 0.2) is 35.9 Å². The molecule has 0 N–H and O–H groups in total. The highest BCUT2D eigenvalue weighted by molar-refractivity contribution is 9.11. The van der Waals surface area contributed by atoms with E-state index in [9.17, 15) is 0 Å². The van der Waals surface area contributed by atoms with Gasteiger partial charge in [0.05, 0.1) is 4.16 Å². The van der Waals surface area contributed by atoms with E-state index in [1.807, 2.05) is 11.8 Å². The molecular formula is C11H7BrS. The number of fused-ring (bicyclic) bond motifs is 2. The third-order valence-electron chi connectivity index (χ3n) is 2.32. The average molecular weight is 251 g/mol. The topological polar surface area (TPSA) is 0 Å². The summed E-state index contributed by atoms with van der Waals surface area (Å²) in [7, 11) is 0. The number of benzene rings is 1. The lowest BCUT2D eigenvalue weighted by atomic mass is 10.3. The van der Waals surface area contributed by atoms with Crippen LogP contribution in [0.25, 0.3) is 11.0 Å². The van der Waals surface area contributed by atoms with Gasteiger partial charge in [-0.05, 0) is 22.1 Å². The maximum absolute atomic E-state index is 3.59. The van der Waals surface area contributed by atoms with Gasteiger partial charge in [-0.15, -0.1) is 11.8 Å². The van der Waals surface area contributed by atoms with E-state index < -0.39 is 0 Å². The van der Waals surface area contributed by atoms with Crippen LogP contribution < -0.4 is 10.4 Å². The van der Waals surface area contributed by atoms with Crippen molar-refractivity contribution < 1.29 is 0 Å². The fourth-order valence-electron chi connectivity index (χ4n) is 1.76. The highest BCUT2D eigenvalue weighted by Crippen LogP contribution is 2.41. The van der Waals surface area contributed by atoms with Gasteiger partial charge in [0.2, 0.25) is 0 Å². The van der Waals surface area contributed by atoms with Crippen LogP contribution in [0.2, 0.25) is 0 Å². The quantitative estimate of drug-likeness (QED) is 0.635. The number of rotatable bonds is 0. The van der Waals surface area contributed by atoms with Gasteiger partial charge in [0.1, 0.15) is 0 Å². The van der Waals surface area contributed by atoms with Crippen LogP contribution in [-0.4, -0.2) is 4.16 Å². The molecule has 1 aliphatic carbocycles. The van der Waals surface area contributed by atoms with Crippen molar-refractivity contribution in [3.8, 4) is 0 Å². The van der Waals surface area contributed by atoms with E-state index in [0.717, 1.165) is 0 Å². The van der Waals surface area contributed by atoms with Gasteiger partial charge in [0, 0.05) is 4.91 Å². The van der Waals surface area contributed by atoms with Crippen LogP contribution in [-0.2, 0) is 0 Å². The first-order valence-electron chi connectivity index (χ1n) is 4.18. The number of alkyl halides is 1. The lowest BCUT2D eigenvalue weighted by Crippen LogP contribution is -2.21. The summed E-state index contributed by atoms with van der Waals surface area (Å²) in [6.45, 7) is 0. The fourth-order valence-corrected chi connectivity index (χ4v) is 3.62. The van der Waals surface area contributed by atoms with Crippen LogP contribution >= 0.6 is 27.7 Å². The Labute approximate surface area is 89.2 Å². The molecule has 0 radical (unpaired) electrons. The summed E-state index contributed by atoms with van der Waals surface area (Å²) in [5.74, 6) is 0. The Hall–Kier alpha value is -0.470. The Morgan fingerprint density at radius 1 is 1.23 bits per heavy atom. The molecule has 0 bridgehead atoms. The summed E-state index contributed by atoms with van der Waals surface area (Å²) in [5, 5.41) is 2.75. The second-order valence-corrected chi connectivity index (χ2v) is 5.90. The molecule has 2 heteroatoms. The van der Waals surface area contributed by atoms with E-state index in [-0.39, 0.29) is 0 Å². The van der Waals surface area contributed by atoms with Crippen molar-refractivity contribution in [1.82, 2.24) is 0 Å². The van der Waals surface area contributed by atoms with Crippen LogP contribution in [0.5, 0.6) is 0 Å². The second kappa shape index (κ2) is 2.76. The van der Waals surface area contributed by atoms with Crippen molar-refractivity contribution in [2.45, 2.75) is 4.16 Å². The normalized spacial score (nSPS) is 23.6. The molecule has 0 aromatic heterocycles. The van der Waals surface area contributed by atoms with Crippen LogP contribution in [0.4, 0.5) is 0 Å². The Morgan fingerprint density at radius 2 is 2.08 bits per heavy atom. The molecule has 0 saturated carbocycles. The Balaban J connectivity index is 2.40. The van der Waals surface area contributed by atoms with Gasteiger partial charge >= 0.3 is 0 Å². The van der Waals surface area contributed by atoms with Crippen molar-refractivity contribution in [2.75, 3.05) is 0 Å². The smallest absolute Gasteiger partial charge is 0.0836 e. The lowest BCUT2D eigenvalue weighted by Gasteiger charge is -1.95. The van der Waals surface area contributed by atoms with Gasteiger partial charge in [-0.2, -0.15) is 0 Å². The molecule has 1 aliphatic heterocycles. The summed E-state index contributed by atoms with van der Waals surface area (Å²) in [6, 6.07) is 8.56. The third-order valence-corrected chi connectivity index (χ3v) is 4.20. The zero-order valence-corrected chi connectivity index (χ0v) is 9.23. The SMILES string of the molecule is BrC1C=C2C=c3ccccc3=C2S1. The maximum Gasteiger partial charge on any atom is 0.0836 e. The Morgan fingerprint density at radius 3 is 3.00 bits per heavy atom. The Bertz CT molecular complexity index is 513. The fraction of sp³-hybridized carbons (Fsp3) is 0.0909. The zero-order valence-electron chi connectivity index (χ0n) is 6.83. The molecule has 1 heterocycles. The third kappa shape index (κ3) is 1.12. The van der Waals surface area contributed by atoms with Gasteiger partial charge < -0.3 is 0 Å². The summed E-state index contributed by atoms with van der Waals surface area (Å²) < 4.78 is 0.460. The van der Waals surface area contributed by atoms with E-state index in [1.165, 1.54) is 20.9 Å². The number of halogens is 1. The molecule has 64 valence electrons. The first-order chi connectivity index (χ1) is 6.34. The van der Waals surface area contributed by atoms with Crippen molar-refractivity contribution in [3.63, 3.8) is 0 Å². The van der Waals surface area contributed by atoms with Crippen molar-refractivity contribution >= 4 is 38.7 Å². The molecular weight excluding hydrogens is 244 g/mol. The molecule has 0 amide bonds. The van der Waals surface area contributed by atoms with Crippen molar-refractivity contribution in [1.29, 1.82) is 0 Å². The number of thioether (sulfide) groups is 1. The molecule has 1 aromatic rings. The molecule has 2 aliphatic rings. The van der Waals surface area contributed by atoms with Crippen molar-refractivity contribution in [3.05, 3.63) is 46.4 Å². The summed E-state index contributed by atoms with van der Waals surface area (Å²) in [5.41, 5.74) is 1.38. The minimum atomic E-state index is 0.460. The van der Waals surface area contributed by atoms with E-state index in [0.29, 0.717) is 4.16 Å². The molecule has 1 aromatic carbocycles. The average Bonchev–Trinajstić information content (AvgIpc) is 2.60. The minimum absolute atomic E-state index is 0.460. The molecule has 0 spiro atoms. The van der Waals surface area contributed by atoms with Crippen LogP contribution in [0.3, 0.4) is 0 Å². The molecule has 1 atom stereocenters. The largest absolute Gasteiger partial charge is 0.106 e. The lowest BCUT2D eigenvalue weighted by molar-refractivity contribution is 1.54. The van der Waals surface area contributed by atoms with Gasteiger partial charge in [-0.3, -0.25) is 0 Å². The van der Waals surface area contributed by atoms with E-state index in [2.05, 4.69) is 52.3 Å². The molecule has 0 nitrogen and oxygen atoms in total. The monoisotopic (exact) mass is 250 g/mol. The predicted molar refractivity (Wildman–Crippen MR) is 62.0 cm³/mol. The highest BCUT2D eigenvalue weighted by Gasteiger charge is 2.21. The first-order valence-corrected chi connectivity index (χ1v) is 5.98. The molecule has 0 saturated heterocycles. The highest BCUT2D eigenvalue weighted by atomic mass is 79.9. The van der Waals surface area contributed by atoms with Crippen LogP contribution in [0, 0.1) is 0 Å².